The van der Waals surface area contributed by atoms with Gasteiger partial charge in [0.1, 0.15) is 0 Å². The number of hydrogen-bond donors (Lipinski definition) is 1. The van der Waals surface area contributed by atoms with E-state index in [-0.39, 0.29) is 0 Å². The summed E-state index contributed by atoms with van der Waals surface area (Å²) in [7, 11) is 0. The van der Waals surface area contributed by atoms with Gasteiger partial charge in [-0.25, -0.2) is 0 Å². The molecule has 0 saturated carbocycles. The van der Waals surface area contributed by atoms with Crippen LogP contribution in [0.5, 0.6) is 0 Å². The molecule has 0 aromatic heterocycles. The molecule has 0 bridgehead atoms. The lowest BCUT2D eigenvalue weighted by Gasteiger charge is -2.18. The number of ether oxygens (including phenoxy) is 1. The smallest absolute Gasteiger partial charge is 0.0717 e. The molecular weight excluding hydrogens is 198 g/mol. The van der Waals surface area contributed by atoms with Gasteiger partial charge in [0, 0.05) is 13.1 Å². The van der Waals surface area contributed by atoms with Gasteiger partial charge in [-0.1, -0.05) is 51.1 Å². The molecular formula is C14H23NO. The van der Waals surface area contributed by atoms with Crippen LogP contribution < -0.4 is 5.32 Å². The van der Waals surface area contributed by atoms with Crippen molar-refractivity contribution in [2.75, 3.05) is 19.7 Å². The van der Waals surface area contributed by atoms with E-state index in [4.69, 9.17) is 4.74 Å². The van der Waals surface area contributed by atoms with Crippen molar-refractivity contribution in [1.29, 1.82) is 0 Å². The first-order valence-electron chi connectivity index (χ1n) is 5.90. The van der Waals surface area contributed by atoms with Gasteiger partial charge in [-0.15, -0.1) is 0 Å². The van der Waals surface area contributed by atoms with Crippen LogP contribution >= 0.6 is 0 Å². The average Bonchev–Trinajstić information content (AvgIpc) is 2.23. The molecule has 2 heteroatoms. The summed E-state index contributed by atoms with van der Waals surface area (Å²) in [5.74, 6) is 0. The highest BCUT2D eigenvalue weighted by Gasteiger charge is 2.07. The molecule has 1 rings (SSSR count). The van der Waals surface area contributed by atoms with Gasteiger partial charge < -0.3 is 10.1 Å². The highest BCUT2D eigenvalue weighted by molar-refractivity contribution is 5.13. The maximum Gasteiger partial charge on any atom is 0.0717 e. The fourth-order valence-corrected chi connectivity index (χ4v) is 1.37. The molecule has 1 aromatic rings. The van der Waals surface area contributed by atoms with Crippen LogP contribution in [0.1, 0.15) is 26.3 Å². The Morgan fingerprint density at radius 1 is 1.12 bits per heavy atom. The van der Waals surface area contributed by atoms with E-state index < -0.39 is 0 Å². The zero-order chi connectivity index (χ0) is 11.9. The topological polar surface area (TPSA) is 21.3 Å². The van der Waals surface area contributed by atoms with Gasteiger partial charge in [0.25, 0.3) is 0 Å². The van der Waals surface area contributed by atoms with Gasteiger partial charge in [-0.3, -0.25) is 0 Å². The molecule has 90 valence electrons. The molecule has 16 heavy (non-hydrogen) atoms. The number of hydrogen-bond acceptors (Lipinski definition) is 2. The van der Waals surface area contributed by atoms with Crippen LogP contribution in [0.25, 0.3) is 0 Å². The molecule has 1 N–H and O–H groups in total. The van der Waals surface area contributed by atoms with Crippen LogP contribution in [0.15, 0.2) is 30.3 Å². The van der Waals surface area contributed by atoms with E-state index in [1.54, 1.807) is 0 Å². The molecule has 0 heterocycles. The maximum absolute atomic E-state index is 5.57. The lowest BCUT2D eigenvalue weighted by Crippen LogP contribution is -2.29. The molecule has 0 radical (unpaired) electrons. The summed E-state index contributed by atoms with van der Waals surface area (Å²) >= 11 is 0. The van der Waals surface area contributed by atoms with Crippen LogP contribution in [0.2, 0.25) is 0 Å². The van der Waals surface area contributed by atoms with Crippen LogP contribution in [0.4, 0.5) is 0 Å². The van der Waals surface area contributed by atoms with Gasteiger partial charge in [-0.05, 0) is 11.0 Å². The zero-order valence-corrected chi connectivity index (χ0v) is 10.6. The van der Waals surface area contributed by atoms with Crippen molar-refractivity contribution < 1.29 is 4.74 Å². The Morgan fingerprint density at radius 2 is 1.81 bits per heavy atom. The molecule has 0 atom stereocenters. The molecule has 0 amide bonds. The summed E-state index contributed by atoms with van der Waals surface area (Å²) in [6.45, 7) is 10.1. The van der Waals surface area contributed by atoms with Crippen LogP contribution in [0, 0.1) is 5.41 Å². The number of nitrogens with one attached hydrogen (secondary N) is 1. The third-order valence-corrected chi connectivity index (χ3v) is 2.19. The monoisotopic (exact) mass is 221 g/mol. The van der Waals surface area contributed by atoms with Gasteiger partial charge in [0.05, 0.1) is 13.2 Å². The minimum Gasteiger partial charge on any atom is -0.375 e. The lowest BCUT2D eigenvalue weighted by molar-refractivity contribution is 0.121. The Balaban J connectivity index is 2.01. The Kier molecular flexibility index (Phi) is 5.50. The minimum atomic E-state index is 0.347. The second-order valence-electron chi connectivity index (χ2n) is 5.28. The Labute approximate surface area is 99.0 Å². The molecule has 0 aliphatic heterocycles. The van der Waals surface area contributed by atoms with E-state index >= 15 is 0 Å². The van der Waals surface area contributed by atoms with Gasteiger partial charge in [-0.2, -0.15) is 0 Å². The second kappa shape index (κ2) is 6.66. The van der Waals surface area contributed by atoms with E-state index in [9.17, 15) is 0 Å². The predicted octanol–water partition coefficient (Wildman–Crippen LogP) is 2.84. The van der Waals surface area contributed by atoms with Crippen LogP contribution in [-0.2, 0) is 11.3 Å². The van der Waals surface area contributed by atoms with E-state index in [1.165, 1.54) is 5.56 Å². The summed E-state index contributed by atoms with van der Waals surface area (Å²) in [6.07, 6.45) is 0. The average molecular weight is 221 g/mol. The minimum absolute atomic E-state index is 0.347. The van der Waals surface area contributed by atoms with Crippen molar-refractivity contribution in [3.63, 3.8) is 0 Å². The Hall–Kier alpha value is -0.860. The summed E-state index contributed by atoms with van der Waals surface area (Å²) in [4.78, 5) is 0. The zero-order valence-electron chi connectivity index (χ0n) is 10.6. The molecule has 0 unspecified atom stereocenters. The van der Waals surface area contributed by atoms with Gasteiger partial charge in [0.15, 0.2) is 0 Å². The maximum atomic E-state index is 5.57. The highest BCUT2D eigenvalue weighted by Crippen LogP contribution is 2.09. The Bertz CT molecular complexity index is 277. The third kappa shape index (κ3) is 6.59. The molecule has 0 saturated heterocycles. The van der Waals surface area contributed by atoms with E-state index in [0.717, 1.165) is 19.7 Å². The molecule has 0 fully saturated rings. The van der Waals surface area contributed by atoms with Crippen LogP contribution in [0.3, 0.4) is 0 Å². The van der Waals surface area contributed by atoms with E-state index in [1.807, 2.05) is 18.2 Å². The summed E-state index contributed by atoms with van der Waals surface area (Å²) in [5.41, 5.74) is 1.58. The van der Waals surface area contributed by atoms with Crippen molar-refractivity contribution in [2.24, 2.45) is 5.41 Å². The first kappa shape index (κ1) is 13.2. The number of rotatable bonds is 6. The summed E-state index contributed by atoms with van der Waals surface area (Å²) in [5, 5.41) is 3.39. The van der Waals surface area contributed by atoms with Gasteiger partial charge in [0.2, 0.25) is 0 Å². The normalized spacial score (nSPS) is 11.7. The summed E-state index contributed by atoms with van der Waals surface area (Å²) < 4.78 is 5.57. The van der Waals surface area contributed by atoms with E-state index in [0.29, 0.717) is 12.0 Å². The lowest BCUT2D eigenvalue weighted by atomic mass is 9.97. The van der Waals surface area contributed by atoms with Crippen molar-refractivity contribution in [2.45, 2.75) is 27.4 Å². The largest absolute Gasteiger partial charge is 0.375 e. The first-order chi connectivity index (χ1) is 7.58. The van der Waals surface area contributed by atoms with Crippen molar-refractivity contribution in [3.8, 4) is 0 Å². The molecule has 1 aromatic carbocycles. The molecule has 2 nitrogen and oxygen atoms in total. The summed E-state index contributed by atoms with van der Waals surface area (Å²) in [6, 6.07) is 10.3. The fourth-order valence-electron chi connectivity index (χ4n) is 1.37. The fraction of sp³-hybridized carbons (Fsp3) is 0.571. The quantitative estimate of drug-likeness (QED) is 0.746. The molecule has 0 aliphatic carbocycles. The third-order valence-electron chi connectivity index (χ3n) is 2.19. The highest BCUT2D eigenvalue weighted by atomic mass is 16.5. The molecule has 0 spiro atoms. The predicted molar refractivity (Wildman–Crippen MR) is 68.4 cm³/mol. The SMILES string of the molecule is CC(C)(C)CNCCOCc1ccccc1. The van der Waals surface area contributed by atoms with Crippen molar-refractivity contribution in [1.82, 2.24) is 5.32 Å². The Morgan fingerprint density at radius 3 is 2.44 bits per heavy atom. The first-order valence-corrected chi connectivity index (χ1v) is 5.90. The van der Waals surface area contributed by atoms with Crippen molar-refractivity contribution in [3.05, 3.63) is 35.9 Å². The molecule has 0 aliphatic rings. The number of benzene rings is 1. The standard InChI is InChI=1S/C14H23NO/c1-14(2,3)12-15-9-10-16-11-13-7-5-4-6-8-13/h4-8,15H,9-12H2,1-3H3. The van der Waals surface area contributed by atoms with Crippen molar-refractivity contribution >= 4 is 0 Å². The van der Waals surface area contributed by atoms with Gasteiger partial charge >= 0.3 is 0 Å². The van der Waals surface area contributed by atoms with E-state index in [2.05, 4.69) is 38.2 Å². The second-order valence-corrected chi connectivity index (χ2v) is 5.28. The van der Waals surface area contributed by atoms with Crippen LogP contribution in [-0.4, -0.2) is 19.7 Å².